The van der Waals surface area contributed by atoms with Gasteiger partial charge >= 0.3 is 11.9 Å². The second-order valence-corrected chi connectivity index (χ2v) is 14.3. The van der Waals surface area contributed by atoms with Crippen LogP contribution in [0.15, 0.2) is 77.3 Å². The number of allylic oxidation sites excluding steroid dienone is 3. The molecule has 11 heteroatoms. The summed E-state index contributed by atoms with van der Waals surface area (Å²) in [7, 11) is 0. The standard InChI is InChI=1S/C21H20Cl2O3.C17H18F4O2/c1-21(2)17(12-18(22)23)19(21)20(24)25-13-14-7-6-10-16(11-14)26-15-8-4-3-5-9-15;1-5-6-10-11(17(10,3)4)16(22)23-7-9-14(20)12(18)8(2)13(19)15(9)21/h3-12,17,19H,13H2,1-2H3;5-6,10-11H,7H2,1-4H3. The topological polar surface area (TPSA) is 61.8 Å². The van der Waals surface area contributed by atoms with Crippen molar-refractivity contribution in [1.82, 2.24) is 0 Å². The van der Waals surface area contributed by atoms with Crippen molar-refractivity contribution in [3.63, 3.8) is 0 Å². The zero-order chi connectivity index (χ0) is 36.3. The normalized spacial score (nSPS) is 21.2. The van der Waals surface area contributed by atoms with Crippen molar-refractivity contribution in [1.29, 1.82) is 0 Å². The van der Waals surface area contributed by atoms with Gasteiger partial charge < -0.3 is 14.2 Å². The lowest BCUT2D eigenvalue weighted by molar-refractivity contribution is -0.148. The van der Waals surface area contributed by atoms with Crippen LogP contribution in [0.2, 0.25) is 0 Å². The van der Waals surface area contributed by atoms with E-state index in [1.165, 1.54) is 0 Å². The Labute approximate surface area is 293 Å². The first-order valence-corrected chi connectivity index (χ1v) is 16.4. The summed E-state index contributed by atoms with van der Waals surface area (Å²) in [5, 5.41) is 0. The molecule has 0 spiro atoms. The molecule has 0 heterocycles. The van der Waals surface area contributed by atoms with Gasteiger partial charge in [-0.2, -0.15) is 0 Å². The van der Waals surface area contributed by atoms with E-state index < -0.39 is 52.9 Å². The summed E-state index contributed by atoms with van der Waals surface area (Å²) in [6.07, 6.45) is 5.38. The van der Waals surface area contributed by atoms with Gasteiger partial charge in [-0.1, -0.05) is 93.4 Å². The number of halogens is 6. The molecular weight excluding hydrogens is 683 g/mol. The highest BCUT2D eigenvalue weighted by Crippen LogP contribution is 2.60. The van der Waals surface area contributed by atoms with Gasteiger partial charge in [-0.15, -0.1) is 0 Å². The number of carbonyl (C=O) groups excluding carboxylic acids is 2. The molecule has 2 aliphatic rings. The number of carbonyl (C=O) groups is 2. The Morgan fingerprint density at radius 3 is 1.86 bits per heavy atom. The molecule has 2 saturated carbocycles. The van der Waals surface area contributed by atoms with Gasteiger partial charge in [0.2, 0.25) is 0 Å². The number of ether oxygens (including phenoxy) is 3. The van der Waals surface area contributed by atoms with E-state index >= 15 is 0 Å². The van der Waals surface area contributed by atoms with E-state index in [0.29, 0.717) is 5.75 Å². The molecule has 262 valence electrons. The summed E-state index contributed by atoms with van der Waals surface area (Å²) >= 11 is 11.5. The second-order valence-electron chi connectivity index (χ2n) is 13.3. The summed E-state index contributed by atoms with van der Waals surface area (Å²) in [6.45, 7) is 9.85. The fourth-order valence-electron chi connectivity index (χ4n) is 5.98. The van der Waals surface area contributed by atoms with Crippen LogP contribution >= 0.6 is 23.2 Å². The van der Waals surface area contributed by atoms with Gasteiger partial charge in [0.25, 0.3) is 0 Å². The molecule has 0 aromatic heterocycles. The molecule has 0 bridgehead atoms. The molecule has 4 atom stereocenters. The lowest BCUT2D eigenvalue weighted by Gasteiger charge is -2.10. The molecule has 0 saturated heterocycles. The van der Waals surface area contributed by atoms with Crippen molar-refractivity contribution in [2.75, 3.05) is 0 Å². The van der Waals surface area contributed by atoms with Gasteiger partial charge in [0, 0.05) is 5.56 Å². The zero-order valence-corrected chi connectivity index (χ0v) is 29.5. The van der Waals surface area contributed by atoms with Gasteiger partial charge in [0.15, 0.2) is 23.3 Å². The maximum Gasteiger partial charge on any atom is 0.310 e. The predicted molar refractivity (Wildman–Crippen MR) is 180 cm³/mol. The summed E-state index contributed by atoms with van der Waals surface area (Å²) in [6, 6.07) is 17.0. The molecule has 2 fully saturated rings. The Morgan fingerprint density at radius 1 is 0.755 bits per heavy atom. The van der Waals surface area contributed by atoms with Gasteiger partial charge in [0.05, 0.1) is 17.4 Å². The molecule has 3 aromatic rings. The molecule has 3 aromatic carbocycles. The summed E-state index contributed by atoms with van der Waals surface area (Å²) < 4.78 is 70.8. The van der Waals surface area contributed by atoms with E-state index in [9.17, 15) is 27.2 Å². The number of benzene rings is 3. The van der Waals surface area contributed by atoms with Gasteiger partial charge in [-0.25, -0.2) is 17.6 Å². The monoisotopic (exact) mass is 720 g/mol. The predicted octanol–water partition coefficient (Wildman–Crippen LogP) is 10.6. The van der Waals surface area contributed by atoms with E-state index in [1.807, 2.05) is 101 Å². The first kappa shape index (κ1) is 38.0. The molecule has 2 aliphatic carbocycles. The van der Waals surface area contributed by atoms with Crippen LogP contribution in [0.25, 0.3) is 0 Å². The highest BCUT2D eigenvalue weighted by Gasteiger charge is 2.62. The van der Waals surface area contributed by atoms with Crippen molar-refractivity contribution < 1.29 is 41.4 Å². The van der Waals surface area contributed by atoms with Crippen molar-refractivity contribution in [2.45, 2.75) is 54.8 Å². The second kappa shape index (κ2) is 15.4. The van der Waals surface area contributed by atoms with Crippen molar-refractivity contribution >= 4 is 35.1 Å². The van der Waals surface area contributed by atoms with Crippen molar-refractivity contribution in [2.24, 2.45) is 34.5 Å². The van der Waals surface area contributed by atoms with E-state index in [-0.39, 0.29) is 45.7 Å². The van der Waals surface area contributed by atoms with E-state index in [0.717, 1.165) is 18.2 Å². The number of hydrogen-bond acceptors (Lipinski definition) is 5. The quantitative estimate of drug-likeness (QED) is 0.0903. The van der Waals surface area contributed by atoms with Crippen molar-refractivity contribution in [3.8, 4) is 11.5 Å². The first-order chi connectivity index (χ1) is 23.0. The largest absolute Gasteiger partial charge is 0.461 e. The fraction of sp³-hybridized carbons (Fsp3) is 0.368. The lowest BCUT2D eigenvalue weighted by atomic mass is 10.1. The Bertz CT molecular complexity index is 1720. The number of esters is 2. The number of hydrogen-bond donors (Lipinski definition) is 0. The summed E-state index contributed by atoms with van der Waals surface area (Å²) in [5.74, 6) is -6.12. The van der Waals surface area contributed by atoms with Crippen LogP contribution < -0.4 is 4.74 Å². The lowest BCUT2D eigenvalue weighted by Crippen LogP contribution is -2.14. The molecule has 5 nitrogen and oxygen atoms in total. The minimum absolute atomic E-state index is 0.00717. The number of rotatable bonds is 10. The van der Waals surface area contributed by atoms with Crippen LogP contribution in [0.1, 0.15) is 51.3 Å². The van der Waals surface area contributed by atoms with E-state index in [4.69, 9.17) is 37.4 Å². The fourth-order valence-corrected chi connectivity index (χ4v) is 6.25. The third-order valence-corrected chi connectivity index (χ3v) is 9.48. The van der Waals surface area contributed by atoms with Crippen LogP contribution in [-0.2, 0) is 32.3 Å². The highest BCUT2D eigenvalue weighted by molar-refractivity contribution is 6.55. The van der Waals surface area contributed by atoms with Crippen LogP contribution in [0.5, 0.6) is 11.5 Å². The van der Waals surface area contributed by atoms with Gasteiger partial charge in [-0.05, 0) is 72.4 Å². The first-order valence-electron chi connectivity index (χ1n) is 15.6. The molecule has 0 aliphatic heterocycles. The maximum absolute atomic E-state index is 13.7. The van der Waals surface area contributed by atoms with Crippen LogP contribution in [0, 0.1) is 64.7 Å². The molecule has 0 N–H and O–H groups in total. The molecule has 0 amide bonds. The third-order valence-electron chi connectivity index (χ3n) is 9.23. The highest BCUT2D eigenvalue weighted by atomic mass is 35.5. The third kappa shape index (κ3) is 8.68. The minimum atomic E-state index is -1.53. The average Bonchev–Trinajstić information content (AvgIpc) is 3.82. The Balaban J connectivity index is 0.000000223. The molecule has 4 unspecified atom stereocenters. The Kier molecular flexibility index (Phi) is 11.9. The SMILES string of the molecule is CC1(C)C(C=C(Cl)Cl)C1C(=O)OCc1cccc(Oc2ccccc2)c1.CC=CC1C(C(=O)OCc2c(F)c(F)c(C)c(F)c2F)C1(C)C. The summed E-state index contributed by atoms with van der Waals surface area (Å²) in [4.78, 5) is 24.4. The Hall–Kier alpha value is -3.82. The van der Waals surface area contributed by atoms with E-state index in [1.54, 1.807) is 6.08 Å². The van der Waals surface area contributed by atoms with Gasteiger partial charge in [0.1, 0.15) is 29.2 Å². The summed E-state index contributed by atoms with van der Waals surface area (Å²) in [5.41, 5.74) is -1.30. The minimum Gasteiger partial charge on any atom is -0.461 e. The molecular formula is C38H38Cl2F4O5. The zero-order valence-electron chi connectivity index (χ0n) is 28.0. The van der Waals surface area contributed by atoms with Crippen LogP contribution in [0.3, 0.4) is 0 Å². The van der Waals surface area contributed by atoms with Gasteiger partial charge in [-0.3, -0.25) is 9.59 Å². The van der Waals surface area contributed by atoms with E-state index in [2.05, 4.69) is 0 Å². The molecule has 49 heavy (non-hydrogen) atoms. The Morgan fingerprint density at radius 2 is 1.29 bits per heavy atom. The maximum atomic E-state index is 13.7. The van der Waals surface area contributed by atoms with Crippen molar-refractivity contribution in [3.05, 3.63) is 117 Å². The van der Waals surface area contributed by atoms with Crippen LogP contribution in [0.4, 0.5) is 17.6 Å². The van der Waals surface area contributed by atoms with Crippen LogP contribution in [-0.4, -0.2) is 11.9 Å². The number of para-hydroxylation sites is 1. The molecule has 5 rings (SSSR count). The average molecular weight is 722 g/mol. The molecule has 0 radical (unpaired) electrons. The smallest absolute Gasteiger partial charge is 0.310 e.